The topological polar surface area (TPSA) is 55.1 Å². The predicted octanol–water partition coefficient (Wildman–Crippen LogP) is 1.21. The van der Waals surface area contributed by atoms with E-state index < -0.39 is 0 Å². The molecule has 76 valence electrons. The Kier molecular flexibility index (Phi) is 4.13. The maximum Gasteiger partial charge on any atom is 0.239 e. The third kappa shape index (κ3) is 2.85. The standard InChI is InChI=1S/C11H16N2O/c1-2-8-13-10(11(12)14)9-6-4-3-5-7-9/h3-7,10,13H,2,8H2,1H3,(H2,12,14)/t10-/m0/s1. The molecule has 3 N–H and O–H groups in total. The summed E-state index contributed by atoms with van der Waals surface area (Å²) in [5.74, 6) is -0.329. The molecule has 1 aromatic carbocycles. The molecule has 3 nitrogen and oxygen atoms in total. The summed E-state index contributed by atoms with van der Waals surface area (Å²) in [5, 5.41) is 3.11. The van der Waals surface area contributed by atoms with E-state index in [2.05, 4.69) is 12.2 Å². The molecule has 0 spiro atoms. The highest BCUT2D eigenvalue weighted by molar-refractivity contribution is 5.81. The monoisotopic (exact) mass is 192 g/mol. The first-order chi connectivity index (χ1) is 6.75. The summed E-state index contributed by atoms with van der Waals surface area (Å²) >= 11 is 0. The fraction of sp³-hybridized carbons (Fsp3) is 0.364. The van der Waals surface area contributed by atoms with Crippen LogP contribution in [0.2, 0.25) is 0 Å². The molecule has 1 atom stereocenters. The molecule has 1 rings (SSSR count). The van der Waals surface area contributed by atoms with Gasteiger partial charge in [0.05, 0.1) is 0 Å². The van der Waals surface area contributed by atoms with Gasteiger partial charge in [0.2, 0.25) is 5.91 Å². The third-order valence-electron chi connectivity index (χ3n) is 2.02. The Labute approximate surface area is 84.3 Å². The number of benzene rings is 1. The van der Waals surface area contributed by atoms with Crippen LogP contribution in [0.15, 0.2) is 30.3 Å². The molecule has 0 aromatic heterocycles. The Balaban J connectivity index is 2.73. The molecule has 0 bridgehead atoms. The molecule has 14 heavy (non-hydrogen) atoms. The summed E-state index contributed by atoms with van der Waals surface area (Å²) in [6.45, 7) is 2.85. The van der Waals surface area contributed by atoms with E-state index in [4.69, 9.17) is 5.73 Å². The minimum Gasteiger partial charge on any atom is -0.368 e. The zero-order valence-electron chi connectivity index (χ0n) is 8.36. The molecule has 0 aliphatic heterocycles. The number of amides is 1. The lowest BCUT2D eigenvalue weighted by Crippen LogP contribution is -2.33. The minimum atomic E-state index is -0.365. The predicted molar refractivity (Wildman–Crippen MR) is 56.7 cm³/mol. The lowest BCUT2D eigenvalue weighted by Gasteiger charge is -2.14. The van der Waals surface area contributed by atoms with Gasteiger partial charge in [0.25, 0.3) is 0 Å². The summed E-state index contributed by atoms with van der Waals surface area (Å²) in [6.07, 6.45) is 0.983. The molecule has 0 unspecified atom stereocenters. The molecule has 0 heterocycles. The van der Waals surface area contributed by atoms with E-state index in [0.29, 0.717) is 0 Å². The van der Waals surface area contributed by atoms with Crippen molar-refractivity contribution in [2.45, 2.75) is 19.4 Å². The van der Waals surface area contributed by atoms with E-state index >= 15 is 0 Å². The summed E-state index contributed by atoms with van der Waals surface area (Å²) < 4.78 is 0. The molecular weight excluding hydrogens is 176 g/mol. The van der Waals surface area contributed by atoms with Gasteiger partial charge in [-0.25, -0.2) is 0 Å². The van der Waals surface area contributed by atoms with Gasteiger partial charge in [-0.05, 0) is 18.5 Å². The van der Waals surface area contributed by atoms with Gasteiger partial charge in [0.15, 0.2) is 0 Å². The Hall–Kier alpha value is -1.35. The van der Waals surface area contributed by atoms with Gasteiger partial charge in [0, 0.05) is 0 Å². The van der Waals surface area contributed by atoms with Crippen LogP contribution in [0.3, 0.4) is 0 Å². The number of primary amides is 1. The Morgan fingerprint density at radius 3 is 2.57 bits per heavy atom. The molecule has 3 heteroatoms. The van der Waals surface area contributed by atoms with Crippen molar-refractivity contribution in [2.75, 3.05) is 6.54 Å². The molecule has 0 fully saturated rings. The van der Waals surface area contributed by atoms with Crippen molar-refractivity contribution in [2.24, 2.45) is 5.73 Å². The molecular formula is C11H16N2O. The molecule has 1 aromatic rings. The van der Waals surface area contributed by atoms with Crippen molar-refractivity contribution >= 4 is 5.91 Å². The maximum atomic E-state index is 11.2. The average Bonchev–Trinajstić information content (AvgIpc) is 2.19. The molecule has 1 amide bonds. The Bertz CT molecular complexity index is 285. The van der Waals surface area contributed by atoms with Crippen molar-refractivity contribution in [1.82, 2.24) is 5.32 Å². The molecule has 0 radical (unpaired) electrons. The highest BCUT2D eigenvalue weighted by Gasteiger charge is 2.15. The summed E-state index contributed by atoms with van der Waals surface area (Å²) in [4.78, 5) is 11.2. The summed E-state index contributed by atoms with van der Waals surface area (Å²) in [5.41, 5.74) is 6.23. The van der Waals surface area contributed by atoms with Crippen LogP contribution in [0.5, 0.6) is 0 Å². The second kappa shape index (κ2) is 5.40. The molecule has 0 saturated carbocycles. The van der Waals surface area contributed by atoms with Crippen LogP contribution in [0.25, 0.3) is 0 Å². The summed E-state index contributed by atoms with van der Waals surface area (Å²) in [7, 11) is 0. The zero-order chi connectivity index (χ0) is 10.4. The van der Waals surface area contributed by atoms with Gasteiger partial charge < -0.3 is 11.1 Å². The first kappa shape index (κ1) is 10.7. The van der Waals surface area contributed by atoms with Gasteiger partial charge >= 0.3 is 0 Å². The smallest absolute Gasteiger partial charge is 0.239 e. The van der Waals surface area contributed by atoms with Crippen LogP contribution in [-0.4, -0.2) is 12.5 Å². The number of carbonyl (C=O) groups excluding carboxylic acids is 1. The van der Waals surface area contributed by atoms with Crippen molar-refractivity contribution in [3.8, 4) is 0 Å². The number of hydrogen-bond acceptors (Lipinski definition) is 2. The lowest BCUT2D eigenvalue weighted by atomic mass is 10.1. The summed E-state index contributed by atoms with van der Waals surface area (Å²) in [6, 6.07) is 9.16. The minimum absolute atomic E-state index is 0.329. The zero-order valence-corrected chi connectivity index (χ0v) is 8.36. The van der Waals surface area contributed by atoms with Crippen LogP contribution in [0.1, 0.15) is 24.9 Å². The van der Waals surface area contributed by atoms with Crippen LogP contribution in [0, 0.1) is 0 Å². The lowest BCUT2D eigenvalue weighted by molar-refractivity contribution is -0.120. The SMILES string of the molecule is CCCN[C@H](C(N)=O)c1ccccc1. The second-order valence-corrected chi connectivity index (χ2v) is 3.20. The molecule has 0 saturated heterocycles. The van der Waals surface area contributed by atoms with Crippen LogP contribution >= 0.6 is 0 Å². The highest BCUT2D eigenvalue weighted by atomic mass is 16.1. The van der Waals surface area contributed by atoms with Crippen LogP contribution in [-0.2, 0) is 4.79 Å². The average molecular weight is 192 g/mol. The Morgan fingerprint density at radius 2 is 2.07 bits per heavy atom. The van der Waals surface area contributed by atoms with Crippen molar-refractivity contribution in [3.63, 3.8) is 0 Å². The van der Waals surface area contributed by atoms with Gasteiger partial charge in [-0.15, -0.1) is 0 Å². The second-order valence-electron chi connectivity index (χ2n) is 3.20. The fourth-order valence-electron chi connectivity index (χ4n) is 1.32. The van der Waals surface area contributed by atoms with Crippen LogP contribution in [0.4, 0.5) is 0 Å². The largest absolute Gasteiger partial charge is 0.368 e. The van der Waals surface area contributed by atoms with E-state index in [1.54, 1.807) is 0 Å². The van der Waals surface area contributed by atoms with Crippen molar-refractivity contribution in [1.29, 1.82) is 0 Å². The van der Waals surface area contributed by atoms with E-state index in [9.17, 15) is 4.79 Å². The van der Waals surface area contributed by atoms with Gasteiger partial charge in [-0.2, -0.15) is 0 Å². The first-order valence-corrected chi connectivity index (χ1v) is 4.83. The van der Waals surface area contributed by atoms with E-state index in [1.165, 1.54) is 0 Å². The highest BCUT2D eigenvalue weighted by Crippen LogP contribution is 2.11. The number of carbonyl (C=O) groups is 1. The quantitative estimate of drug-likeness (QED) is 0.736. The number of rotatable bonds is 5. The van der Waals surface area contributed by atoms with E-state index in [1.807, 2.05) is 30.3 Å². The van der Waals surface area contributed by atoms with Gasteiger partial charge in [-0.1, -0.05) is 37.3 Å². The number of nitrogens with two attached hydrogens (primary N) is 1. The molecule has 0 aliphatic carbocycles. The van der Waals surface area contributed by atoms with E-state index in [0.717, 1.165) is 18.5 Å². The normalized spacial score (nSPS) is 12.4. The van der Waals surface area contributed by atoms with Crippen LogP contribution < -0.4 is 11.1 Å². The molecule has 0 aliphatic rings. The number of nitrogens with one attached hydrogen (secondary N) is 1. The van der Waals surface area contributed by atoms with Crippen molar-refractivity contribution < 1.29 is 4.79 Å². The van der Waals surface area contributed by atoms with Gasteiger partial charge in [-0.3, -0.25) is 4.79 Å². The third-order valence-corrected chi connectivity index (χ3v) is 2.02. The maximum absolute atomic E-state index is 11.2. The Morgan fingerprint density at radius 1 is 1.43 bits per heavy atom. The van der Waals surface area contributed by atoms with Crippen molar-refractivity contribution in [3.05, 3.63) is 35.9 Å². The number of hydrogen-bond donors (Lipinski definition) is 2. The fourth-order valence-corrected chi connectivity index (χ4v) is 1.32. The van der Waals surface area contributed by atoms with Gasteiger partial charge in [0.1, 0.15) is 6.04 Å². The first-order valence-electron chi connectivity index (χ1n) is 4.83. The van der Waals surface area contributed by atoms with E-state index in [-0.39, 0.29) is 11.9 Å².